The van der Waals surface area contributed by atoms with Gasteiger partial charge in [-0.2, -0.15) is 4.31 Å². The van der Waals surface area contributed by atoms with Crippen molar-refractivity contribution in [1.29, 1.82) is 0 Å². The third-order valence-corrected chi connectivity index (χ3v) is 7.12. The molecule has 1 amide bonds. The van der Waals surface area contributed by atoms with Crippen molar-refractivity contribution in [3.63, 3.8) is 0 Å². The van der Waals surface area contributed by atoms with Gasteiger partial charge in [-0.25, -0.2) is 8.42 Å². The molecule has 31 heavy (non-hydrogen) atoms. The Kier molecular flexibility index (Phi) is 7.53. The van der Waals surface area contributed by atoms with E-state index in [-0.39, 0.29) is 36.7 Å². The lowest BCUT2D eigenvalue weighted by Gasteiger charge is -2.26. The molecule has 2 aromatic carbocycles. The first-order valence-electron chi connectivity index (χ1n) is 10.1. The van der Waals surface area contributed by atoms with Crippen LogP contribution in [0.15, 0.2) is 41.3 Å². The van der Waals surface area contributed by atoms with Gasteiger partial charge in [0.05, 0.1) is 37.3 Å². The number of carbonyl (C=O) groups is 1. The summed E-state index contributed by atoms with van der Waals surface area (Å²) >= 11 is 0. The van der Waals surface area contributed by atoms with E-state index < -0.39 is 15.9 Å². The maximum absolute atomic E-state index is 12.9. The number of hydrogen-bond donors (Lipinski definition) is 1. The molecule has 9 heteroatoms. The van der Waals surface area contributed by atoms with Crippen LogP contribution in [0, 0.1) is 13.8 Å². The Labute approximate surface area is 183 Å². The van der Waals surface area contributed by atoms with Crippen LogP contribution in [0.25, 0.3) is 0 Å². The molecule has 3 rings (SSSR count). The number of rotatable bonds is 8. The quantitative estimate of drug-likeness (QED) is 0.622. The maximum Gasteiger partial charge on any atom is 0.255 e. The summed E-state index contributed by atoms with van der Waals surface area (Å²) in [4.78, 5) is 12.8. The van der Waals surface area contributed by atoms with Crippen LogP contribution in [-0.2, 0) is 14.8 Å². The van der Waals surface area contributed by atoms with Crippen LogP contribution in [0.5, 0.6) is 11.5 Å². The molecule has 8 nitrogen and oxygen atoms in total. The largest absolute Gasteiger partial charge is 0.496 e. The van der Waals surface area contributed by atoms with Gasteiger partial charge in [-0.3, -0.25) is 4.79 Å². The van der Waals surface area contributed by atoms with Crippen LogP contribution in [0.3, 0.4) is 0 Å². The van der Waals surface area contributed by atoms with E-state index in [2.05, 4.69) is 5.32 Å². The molecule has 168 valence electrons. The number of carbonyl (C=O) groups excluding carboxylic acids is 1. The standard InChI is InChI=1S/C22H28N2O6S/c1-16-5-4-6-20(17(16)2)30-12-9-23-22(25)19-15-18(7-8-21(19)28-3)31(26,27)24-10-13-29-14-11-24/h4-8,15H,9-14H2,1-3H3,(H,23,25). The van der Waals surface area contributed by atoms with Crippen LogP contribution in [0.1, 0.15) is 21.5 Å². The summed E-state index contributed by atoms with van der Waals surface area (Å²) in [6, 6.07) is 10.1. The van der Waals surface area contributed by atoms with Crippen molar-refractivity contribution in [2.24, 2.45) is 0 Å². The van der Waals surface area contributed by atoms with E-state index in [4.69, 9.17) is 14.2 Å². The number of sulfonamides is 1. The highest BCUT2D eigenvalue weighted by Gasteiger charge is 2.28. The molecule has 0 atom stereocenters. The van der Waals surface area contributed by atoms with Gasteiger partial charge in [0.2, 0.25) is 10.0 Å². The Bertz CT molecular complexity index is 1030. The molecule has 0 saturated carbocycles. The summed E-state index contributed by atoms with van der Waals surface area (Å²) in [6.07, 6.45) is 0. The molecule has 0 radical (unpaired) electrons. The number of nitrogens with zero attached hydrogens (tertiary/aromatic N) is 1. The fourth-order valence-corrected chi connectivity index (χ4v) is 4.70. The molecule has 0 aromatic heterocycles. The zero-order valence-corrected chi connectivity index (χ0v) is 18.8. The van der Waals surface area contributed by atoms with Crippen LogP contribution in [0.4, 0.5) is 0 Å². The van der Waals surface area contributed by atoms with Gasteiger partial charge in [0.1, 0.15) is 18.1 Å². The molecule has 1 aliphatic heterocycles. The summed E-state index contributed by atoms with van der Waals surface area (Å²) in [7, 11) is -2.28. The molecule has 1 aliphatic rings. The number of morpholine rings is 1. The molecular formula is C22H28N2O6S. The van der Waals surface area contributed by atoms with E-state index in [0.29, 0.717) is 19.0 Å². The number of amides is 1. The van der Waals surface area contributed by atoms with Crippen molar-refractivity contribution < 1.29 is 27.4 Å². The van der Waals surface area contributed by atoms with E-state index in [1.807, 2.05) is 32.0 Å². The summed E-state index contributed by atoms with van der Waals surface area (Å²) in [6.45, 7) is 5.80. The van der Waals surface area contributed by atoms with Gasteiger partial charge < -0.3 is 19.5 Å². The smallest absolute Gasteiger partial charge is 0.255 e. The van der Waals surface area contributed by atoms with Crippen molar-refractivity contribution in [3.8, 4) is 11.5 Å². The van der Waals surface area contributed by atoms with Gasteiger partial charge >= 0.3 is 0 Å². The molecule has 1 fully saturated rings. The van der Waals surface area contributed by atoms with Crippen LogP contribution >= 0.6 is 0 Å². The molecule has 1 N–H and O–H groups in total. The molecule has 1 saturated heterocycles. The predicted octanol–water partition coefficient (Wildman–Crippen LogP) is 2.14. The third kappa shape index (κ3) is 5.36. The highest BCUT2D eigenvalue weighted by atomic mass is 32.2. The first kappa shape index (κ1) is 23.1. The third-order valence-electron chi connectivity index (χ3n) is 5.22. The van der Waals surface area contributed by atoms with Crippen molar-refractivity contribution in [2.75, 3.05) is 46.6 Å². The summed E-state index contributed by atoms with van der Waals surface area (Å²) in [5.41, 5.74) is 2.34. The number of nitrogens with one attached hydrogen (secondary N) is 1. The molecule has 0 unspecified atom stereocenters. The van der Waals surface area contributed by atoms with E-state index in [9.17, 15) is 13.2 Å². The van der Waals surface area contributed by atoms with Gasteiger partial charge in [0.25, 0.3) is 5.91 Å². The Morgan fingerprint density at radius 3 is 2.58 bits per heavy atom. The first-order valence-corrected chi connectivity index (χ1v) is 11.5. The van der Waals surface area contributed by atoms with Gasteiger partial charge in [-0.15, -0.1) is 0 Å². The lowest BCUT2D eigenvalue weighted by atomic mass is 10.1. The fraction of sp³-hybridized carbons (Fsp3) is 0.409. The molecule has 2 aromatic rings. The molecule has 0 bridgehead atoms. The lowest BCUT2D eigenvalue weighted by molar-refractivity contribution is 0.0730. The average Bonchev–Trinajstić information content (AvgIpc) is 2.79. The van der Waals surface area contributed by atoms with Crippen molar-refractivity contribution in [1.82, 2.24) is 9.62 Å². The Morgan fingerprint density at radius 2 is 1.87 bits per heavy atom. The number of aryl methyl sites for hydroxylation is 1. The minimum absolute atomic E-state index is 0.0481. The van der Waals surface area contributed by atoms with Crippen LogP contribution < -0.4 is 14.8 Å². The Hall–Kier alpha value is -2.62. The zero-order chi connectivity index (χ0) is 22.4. The lowest BCUT2D eigenvalue weighted by Crippen LogP contribution is -2.40. The second-order valence-corrected chi connectivity index (χ2v) is 9.12. The summed E-state index contributed by atoms with van der Waals surface area (Å²) < 4.78 is 43.4. The predicted molar refractivity (Wildman–Crippen MR) is 116 cm³/mol. The van der Waals surface area contributed by atoms with E-state index in [1.54, 1.807) is 0 Å². The monoisotopic (exact) mass is 448 g/mol. The molecular weight excluding hydrogens is 420 g/mol. The molecule has 0 aliphatic carbocycles. The molecule has 0 spiro atoms. The SMILES string of the molecule is COc1ccc(S(=O)(=O)N2CCOCC2)cc1C(=O)NCCOc1cccc(C)c1C. The van der Waals surface area contributed by atoms with Crippen molar-refractivity contribution in [3.05, 3.63) is 53.1 Å². The van der Waals surface area contributed by atoms with Crippen LogP contribution in [0.2, 0.25) is 0 Å². The number of methoxy groups -OCH3 is 1. The van der Waals surface area contributed by atoms with Crippen molar-refractivity contribution >= 4 is 15.9 Å². The fourth-order valence-electron chi connectivity index (χ4n) is 3.26. The normalized spacial score (nSPS) is 14.8. The van der Waals surface area contributed by atoms with E-state index >= 15 is 0 Å². The second-order valence-electron chi connectivity index (χ2n) is 7.18. The van der Waals surface area contributed by atoms with Gasteiger partial charge in [0, 0.05) is 13.1 Å². The number of ether oxygens (including phenoxy) is 3. The van der Waals surface area contributed by atoms with E-state index in [1.165, 1.54) is 29.6 Å². The first-order chi connectivity index (χ1) is 14.8. The minimum Gasteiger partial charge on any atom is -0.496 e. The minimum atomic E-state index is -3.72. The number of benzene rings is 2. The van der Waals surface area contributed by atoms with Gasteiger partial charge in [-0.1, -0.05) is 12.1 Å². The average molecular weight is 449 g/mol. The van der Waals surface area contributed by atoms with Gasteiger partial charge in [0.15, 0.2) is 0 Å². The zero-order valence-electron chi connectivity index (χ0n) is 18.0. The second kappa shape index (κ2) is 10.1. The Balaban J connectivity index is 1.68. The van der Waals surface area contributed by atoms with Crippen molar-refractivity contribution in [2.45, 2.75) is 18.7 Å². The topological polar surface area (TPSA) is 94.2 Å². The summed E-state index contributed by atoms with van der Waals surface area (Å²) in [5.74, 6) is 0.639. The van der Waals surface area contributed by atoms with Gasteiger partial charge in [-0.05, 0) is 49.2 Å². The maximum atomic E-state index is 12.9. The highest BCUT2D eigenvalue weighted by molar-refractivity contribution is 7.89. The number of hydrogen-bond acceptors (Lipinski definition) is 6. The Morgan fingerprint density at radius 1 is 1.13 bits per heavy atom. The molecule has 1 heterocycles. The highest BCUT2D eigenvalue weighted by Crippen LogP contribution is 2.25. The van der Waals surface area contributed by atoms with E-state index in [0.717, 1.165) is 16.9 Å². The van der Waals surface area contributed by atoms with Crippen LogP contribution in [-0.4, -0.2) is 65.2 Å². The summed E-state index contributed by atoms with van der Waals surface area (Å²) in [5, 5.41) is 2.76.